The van der Waals surface area contributed by atoms with Crippen molar-refractivity contribution in [2.75, 3.05) is 6.54 Å². The second kappa shape index (κ2) is 4.49. The minimum atomic E-state index is 0.133. The van der Waals surface area contributed by atoms with E-state index in [1.165, 1.54) is 4.88 Å². The number of carbonyl (C=O) groups is 1. The summed E-state index contributed by atoms with van der Waals surface area (Å²) >= 11 is 1.64. The number of aromatic nitrogens is 2. The summed E-state index contributed by atoms with van der Waals surface area (Å²) < 4.78 is 0. The number of hydrogen-bond acceptors (Lipinski definition) is 4. The van der Waals surface area contributed by atoms with E-state index in [1.54, 1.807) is 24.5 Å². The number of thiazole rings is 1. The molecule has 92 valence electrons. The van der Waals surface area contributed by atoms with Gasteiger partial charge in [-0.05, 0) is 12.1 Å². The normalized spacial score (nSPS) is 14.4. The van der Waals surface area contributed by atoms with Crippen LogP contribution in [-0.4, -0.2) is 27.3 Å². The summed E-state index contributed by atoms with van der Waals surface area (Å²) in [6, 6.07) is 5.83. The lowest BCUT2D eigenvalue weighted by Crippen LogP contribution is -2.33. The molecule has 0 radical (unpaired) electrons. The van der Waals surface area contributed by atoms with Crippen LogP contribution in [-0.2, 0) is 17.8 Å². The predicted octanol–water partition coefficient (Wildman–Crippen LogP) is 2.11. The van der Waals surface area contributed by atoms with Gasteiger partial charge in [-0.15, -0.1) is 11.3 Å². The number of pyridine rings is 1. The summed E-state index contributed by atoms with van der Waals surface area (Å²) in [5, 5.41) is 0.950. The van der Waals surface area contributed by atoms with Crippen molar-refractivity contribution >= 4 is 17.2 Å². The minimum Gasteiger partial charge on any atom is -0.337 e. The molecule has 0 unspecified atom stereocenters. The second-order valence-corrected chi connectivity index (χ2v) is 5.38. The summed E-state index contributed by atoms with van der Waals surface area (Å²) in [4.78, 5) is 23.4. The summed E-state index contributed by atoms with van der Waals surface area (Å²) in [6.45, 7) is 3.08. The van der Waals surface area contributed by atoms with Crippen LogP contribution >= 0.6 is 11.3 Å². The Morgan fingerprint density at radius 1 is 1.44 bits per heavy atom. The zero-order valence-corrected chi connectivity index (χ0v) is 10.9. The van der Waals surface area contributed by atoms with Gasteiger partial charge in [-0.1, -0.05) is 6.07 Å². The lowest BCUT2D eigenvalue weighted by atomic mass is 10.2. The van der Waals surface area contributed by atoms with E-state index in [0.717, 1.165) is 29.4 Å². The molecule has 3 rings (SSSR count). The van der Waals surface area contributed by atoms with Gasteiger partial charge in [-0.3, -0.25) is 9.78 Å². The standard InChI is InChI=1S/C13H13N3OS/c1-9(17)16-7-5-10-12(8-16)18-13(15-10)11-4-2-3-6-14-11/h2-4,6H,5,7-8H2,1H3. The quantitative estimate of drug-likeness (QED) is 0.788. The van der Waals surface area contributed by atoms with Crippen molar-refractivity contribution in [1.29, 1.82) is 0 Å². The third kappa shape index (κ3) is 2.01. The lowest BCUT2D eigenvalue weighted by molar-refractivity contribution is -0.129. The molecule has 18 heavy (non-hydrogen) atoms. The van der Waals surface area contributed by atoms with E-state index in [4.69, 9.17) is 0 Å². The van der Waals surface area contributed by atoms with Gasteiger partial charge < -0.3 is 4.90 Å². The van der Waals surface area contributed by atoms with E-state index in [-0.39, 0.29) is 5.91 Å². The number of fused-ring (bicyclic) bond motifs is 1. The Hall–Kier alpha value is -1.75. The Kier molecular flexibility index (Phi) is 2.83. The van der Waals surface area contributed by atoms with Crippen LogP contribution in [0.15, 0.2) is 24.4 Å². The molecule has 0 atom stereocenters. The first-order chi connectivity index (χ1) is 8.74. The highest BCUT2D eigenvalue weighted by molar-refractivity contribution is 7.15. The van der Waals surface area contributed by atoms with Crippen LogP contribution in [0.3, 0.4) is 0 Å². The van der Waals surface area contributed by atoms with Crippen LogP contribution in [0.5, 0.6) is 0 Å². The van der Waals surface area contributed by atoms with Crippen LogP contribution < -0.4 is 0 Å². The van der Waals surface area contributed by atoms with Crippen LogP contribution in [0.4, 0.5) is 0 Å². The molecule has 0 spiro atoms. The van der Waals surface area contributed by atoms with Crippen molar-refractivity contribution < 1.29 is 4.79 Å². The second-order valence-electron chi connectivity index (χ2n) is 4.29. The zero-order valence-electron chi connectivity index (χ0n) is 10.1. The van der Waals surface area contributed by atoms with E-state index in [0.29, 0.717) is 6.54 Å². The van der Waals surface area contributed by atoms with Gasteiger partial charge in [-0.2, -0.15) is 0 Å². The smallest absolute Gasteiger partial charge is 0.219 e. The van der Waals surface area contributed by atoms with Gasteiger partial charge in [0.2, 0.25) is 5.91 Å². The molecule has 0 bridgehead atoms. The molecule has 2 aromatic heterocycles. The average Bonchev–Trinajstić information content (AvgIpc) is 2.82. The summed E-state index contributed by atoms with van der Waals surface area (Å²) in [5.74, 6) is 0.133. The fourth-order valence-corrected chi connectivity index (χ4v) is 3.16. The third-order valence-electron chi connectivity index (χ3n) is 3.06. The maximum absolute atomic E-state index is 11.4. The van der Waals surface area contributed by atoms with E-state index in [9.17, 15) is 4.79 Å². The van der Waals surface area contributed by atoms with E-state index < -0.39 is 0 Å². The Bertz CT molecular complexity index is 579. The molecule has 1 aliphatic rings. The largest absolute Gasteiger partial charge is 0.337 e. The van der Waals surface area contributed by atoms with Crippen molar-refractivity contribution in [3.8, 4) is 10.7 Å². The Labute approximate surface area is 109 Å². The van der Waals surface area contributed by atoms with Crippen molar-refractivity contribution in [1.82, 2.24) is 14.9 Å². The van der Waals surface area contributed by atoms with Crippen LogP contribution in [0.25, 0.3) is 10.7 Å². The van der Waals surface area contributed by atoms with Crippen molar-refractivity contribution in [3.63, 3.8) is 0 Å². The third-order valence-corrected chi connectivity index (χ3v) is 4.17. The van der Waals surface area contributed by atoms with Crippen LogP contribution in [0, 0.1) is 0 Å². The predicted molar refractivity (Wildman–Crippen MR) is 70.1 cm³/mol. The first kappa shape index (κ1) is 11.3. The molecule has 0 saturated heterocycles. The van der Waals surface area contributed by atoms with Gasteiger partial charge in [0.1, 0.15) is 5.01 Å². The fourth-order valence-electron chi connectivity index (χ4n) is 2.06. The molecular formula is C13H13N3OS. The lowest BCUT2D eigenvalue weighted by Gasteiger charge is -2.24. The highest BCUT2D eigenvalue weighted by Gasteiger charge is 2.22. The highest BCUT2D eigenvalue weighted by Crippen LogP contribution is 2.30. The number of amides is 1. The van der Waals surface area contributed by atoms with E-state index in [1.807, 2.05) is 23.1 Å². The molecule has 2 aromatic rings. The van der Waals surface area contributed by atoms with Gasteiger partial charge in [0.15, 0.2) is 0 Å². The molecule has 1 amide bonds. The van der Waals surface area contributed by atoms with Crippen molar-refractivity contribution in [2.24, 2.45) is 0 Å². The molecule has 4 nitrogen and oxygen atoms in total. The molecule has 0 aromatic carbocycles. The fraction of sp³-hybridized carbons (Fsp3) is 0.308. The summed E-state index contributed by atoms with van der Waals surface area (Å²) in [7, 11) is 0. The monoisotopic (exact) mass is 259 g/mol. The Morgan fingerprint density at radius 3 is 3.06 bits per heavy atom. The highest BCUT2D eigenvalue weighted by atomic mass is 32.1. The summed E-state index contributed by atoms with van der Waals surface area (Å²) in [5.41, 5.74) is 2.03. The molecule has 0 N–H and O–H groups in total. The van der Waals surface area contributed by atoms with Gasteiger partial charge in [-0.25, -0.2) is 4.98 Å². The van der Waals surface area contributed by atoms with Crippen LogP contribution in [0.1, 0.15) is 17.5 Å². The van der Waals surface area contributed by atoms with Crippen molar-refractivity contribution in [3.05, 3.63) is 35.0 Å². The number of carbonyl (C=O) groups excluding carboxylic acids is 1. The van der Waals surface area contributed by atoms with Gasteiger partial charge in [0.05, 0.1) is 17.9 Å². The Morgan fingerprint density at radius 2 is 2.33 bits per heavy atom. The maximum Gasteiger partial charge on any atom is 0.219 e. The topological polar surface area (TPSA) is 46.1 Å². The zero-order chi connectivity index (χ0) is 12.5. The van der Waals surface area contributed by atoms with Crippen LogP contribution in [0.2, 0.25) is 0 Å². The van der Waals surface area contributed by atoms with Gasteiger partial charge in [0, 0.05) is 31.0 Å². The van der Waals surface area contributed by atoms with Gasteiger partial charge in [0.25, 0.3) is 0 Å². The molecular weight excluding hydrogens is 246 g/mol. The molecule has 3 heterocycles. The van der Waals surface area contributed by atoms with Crippen molar-refractivity contribution in [2.45, 2.75) is 19.9 Å². The molecule has 0 saturated carbocycles. The number of hydrogen-bond donors (Lipinski definition) is 0. The molecule has 5 heteroatoms. The summed E-state index contributed by atoms with van der Waals surface area (Å²) in [6.07, 6.45) is 2.62. The number of nitrogens with zero attached hydrogens (tertiary/aromatic N) is 3. The van der Waals surface area contributed by atoms with Gasteiger partial charge >= 0.3 is 0 Å². The Balaban J connectivity index is 1.92. The average molecular weight is 259 g/mol. The minimum absolute atomic E-state index is 0.133. The molecule has 0 aliphatic carbocycles. The molecule has 0 fully saturated rings. The van der Waals surface area contributed by atoms with E-state index in [2.05, 4.69) is 9.97 Å². The van der Waals surface area contributed by atoms with E-state index >= 15 is 0 Å². The maximum atomic E-state index is 11.4. The molecule has 1 aliphatic heterocycles. The first-order valence-electron chi connectivity index (χ1n) is 5.89. The SMILES string of the molecule is CC(=O)N1CCc2nc(-c3ccccn3)sc2C1. The number of rotatable bonds is 1. The first-order valence-corrected chi connectivity index (χ1v) is 6.71.